The van der Waals surface area contributed by atoms with Gasteiger partial charge in [-0.05, 0) is 49.3 Å². The van der Waals surface area contributed by atoms with Gasteiger partial charge in [0.1, 0.15) is 0 Å². The minimum absolute atomic E-state index is 0.758. The lowest BCUT2D eigenvalue weighted by atomic mass is 9.78. The maximum atomic E-state index is 6.37. The van der Waals surface area contributed by atoms with Crippen molar-refractivity contribution in [2.24, 2.45) is 5.92 Å². The Labute approximate surface area is 129 Å². The van der Waals surface area contributed by atoms with Gasteiger partial charge in [-0.1, -0.05) is 46.4 Å². The van der Waals surface area contributed by atoms with Crippen LogP contribution < -0.4 is 4.90 Å². The first-order chi connectivity index (χ1) is 9.29. The van der Waals surface area contributed by atoms with Gasteiger partial charge in [0.15, 0.2) is 0 Å². The monoisotopic (exact) mass is 341 g/mol. The highest BCUT2D eigenvalue weighted by Gasteiger charge is 2.33. The number of anilines is 1. The molecule has 0 spiro atoms. The van der Waals surface area contributed by atoms with Crippen molar-refractivity contribution in [2.45, 2.75) is 49.9 Å². The summed E-state index contributed by atoms with van der Waals surface area (Å²) in [6.45, 7) is 1.20. The minimum Gasteiger partial charge on any atom is -0.368 e. The Morgan fingerprint density at radius 3 is 2.74 bits per heavy atom. The van der Waals surface area contributed by atoms with Crippen LogP contribution in [-0.2, 0) is 5.33 Å². The van der Waals surface area contributed by atoms with Gasteiger partial charge in [-0.2, -0.15) is 0 Å². The van der Waals surface area contributed by atoms with E-state index in [2.05, 4.69) is 39.0 Å². The van der Waals surface area contributed by atoms with Gasteiger partial charge in [0.2, 0.25) is 0 Å². The molecule has 1 heterocycles. The normalized spacial score (nSPS) is 27.2. The number of halogens is 2. The van der Waals surface area contributed by atoms with Crippen molar-refractivity contribution in [1.29, 1.82) is 0 Å². The highest BCUT2D eigenvalue weighted by molar-refractivity contribution is 9.08. The molecular weight excluding hydrogens is 322 g/mol. The fourth-order valence-electron chi connectivity index (χ4n) is 3.77. The average molecular weight is 343 g/mol. The van der Waals surface area contributed by atoms with Crippen LogP contribution >= 0.6 is 27.5 Å². The smallest absolute Gasteiger partial charge is 0.0467 e. The van der Waals surface area contributed by atoms with Gasteiger partial charge in [-0.25, -0.2) is 0 Å². The topological polar surface area (TPSA) is 3.24 Å². The van der Waals surface area contributed by atoms with Gasteiger partial charge in [-0.15, -0.1) is 0 Å². The SMILES string of the molecule is Clc1cc(N2CCC[C@H]3CCCC[C@H]32)ccc1CBr. The Morgan fingerprint density at radius 1 is 1.16 bits per heavy atom. The second kappa shape index (κ2) is 6.05. The van der Waals surface area contributed by atoms with Crippen LogP contribution in [0.2, 0.25) is 5.02 Å². The molecule has 2 aliphatic rings. The maximum absolute atomic E-state index is 6.37. The molecule has 3 heteroatoms. The Balaban J connectivity index is 1.85. The highest BCUT2D eigenvalue weighted by Crippen LogP contribution is 2.38. The van der Waals surface area contributed by atoms with Gasteiger partial charge in [0, 0.05) is 28.6 Å². The molecule has 2 atom stereocenters. The van der Waals surface area contributed by atoms with Crippen molar-refractivity contribution >= 4 is 33.2 Å². The predicted molar refractivity (Wildman–Crippen MR) is 86.4 cm³/mol. The zero-order valence-electron chi connectivity index (χ0n) is 11.2. The summed E-state index contributed by atoms with van der Waals surface area (Å²) in [6.07, 6.45) is 8.37. The van der Waals surface area contributed by atoms with Gasteiger partial charge in [0.25, 0.3) is 0 Å². The van der Waals surface area contributed by atoms with E-state index in [1.165, 1.54) is 56.3 Å². The molecule has 0 amide bonds. The molecule has 1 saturated carbocycles. The van der Waals surface area contributed by atoms with Crippen molar-refractivity contribution in [3.8, 4) is 0 Å². The van der Waals surface area contributed by atoms with Crippen LogP contribution in [0, 0.1) is 5.92 Å². The number of fused-ring (bicyclic) bond motifs is 1. The molecule has 1 aliphatic carbocycles. The summed E-state index contributed by atoms with van der Waals surface area (Å²) in [5.74, 6) is 0.914. The number of hydrogen-bond acceptors (Lipinski definition) is 1. The van der Waals surface area contributed by atoms with Crippen LogP contribution in [-0.4, -0.2) is 12.6 Å². The highest BCUT2D eigenvalue weighted by atomic mass is 79.9. The molecule has 1 aromatic rings. The summed E-state index contributed by atoms with van der Waals surface area (Å²) in [5.41, 5.74) is 2.51. The summed E-state index contributed by atoms with van der Waals surface area (Å²) in [6, 6.07) is 7.33. The largest absolute Gasteiger partial charge is 0.368 e. The molecule has 0 unspecified atom stereocenters. The fourth-order valence-corrected chi connectivity index (χ4v) is 4.66. The number of piperidine rings is 1. The Morgan fingerprint density at radius 2 is 1.95 bits per heavy atom. The first-order valence-corrected chi connectivity index (χ1v) is 8.90. The van der Waals surface area contributed by atoms with Crippen LogP contribution in [0.1, 0.15) is 44.1 Å². The van der Waals surface area contributed by atoms with Crippen LogP contribution in [0.25, 0.3) is 0 Å². The quantitative estimate of drug-likeness (QED) is 0.651. The second-order valence-corrected chi connectivity index (χ2v) is 6.82. The lowest BCUT2D eigenvalue weighted by Crippen LogP contribution is -2.46. The number of benzene rings is 1. The molecule has 1 saturated heterocycles. The molecule has 0 aromatic heterocycles. The first-order valence-electron chi connectivity index (χ1n) is 7.40. The summed E-state index contributed by atoms with van der Waals surface area (Å²) in [4.78, 5) is 2.62. The first kappa shape index (κ1) is 13.8. The third kappa shape index (κ3) is 2.80. The van der Waals surface area contributed by atoms with Crippen molar-refractivity contribution < 1.29 is 0 Å². The third-order valence-corrected chi connectivity index (χ3v) is 5.71. The molecule has 0 N–H and O–H groups in total. The van der Waals surface area contributed by atoms with E-state index in [9.17, 15) is 0 Å². The van der Waals surface area contributed by atoms with E-state index in [0.29, 0.717) is 0 Å². The molecule has 2 fully saturated rings. The van der Waals surface area contributed by atoms with Crippen LogP contribution in [0.5, 0.6) is 0 Å². The zero-order valence-corrected chi connectivity index (χ0v) is 13.6. The molecule has 0 bridgehead atoms. The van der Waals surface area contributed by atoms with E-state index in [1.807, 2.05) is 0 Å². The van der Waals surface area contributed by atoms with Gasteiger partial charge < -0.3 is 4.90 Å². The molecule has 3 rings (SSSR count). The van der Waals surface area contributed by atoms with Crippen molar-refractivity contribution in [3.05, 3.63) is 28.8 Å². The van der Waals surface area contributed by atoms with E-state index in [-0.39, 0.29) is 0 Å². The van der Waals surface area contributed by atoms with E-state index < -0.39 is 0 Å². The maximum Gasteiger partial charge on any atom is 0.0467 e. The lowest BCUT2D eigenvalue weighted by molar-refractivity contribution is 0.244. The number of rotatable bonds is 2. The van der Waals surface area contributed by atoms with Crippen molar-refractivity contribution in [1.82, 2.24) is 0 Å². The molecule has 0 radical (unpaired) electrons. The standard InChI is InChI=1S/C16H21BrClN/c17-11-13-7-8-14(10-15(13)18)19-9-3-5-12-4-1-2-6-16(12)19/h7-8,10,12,16H,1-6,9,11H2/t12-,16-/m1/s1. The summed E-state index contributed by atoms with van der Waals surface area (Å²) < 4.78 is 0. The van der Waals surface area contributed by atoms with Crippen LogP contribution in [0.15, 0.2) is 18.2 Å². The van der Waals surface area contributed by atoms with Gasteiger partial charge >= 0.3 is 0 Å². The predicted octanol–water partition coefficient (Wildman–Crippen LogP) is 5.39. The van der Waals surface area contributed by atoms with Crippen LogP contribution in [0.3, 0.4) is 0 Å². The van der Waals surface area contributed by atoms with E-state index in [4.69, 9.17) is 11.6 Å². The molecule has 1 aromatic carbocycles. The van der Waals surface area contributed by atoms with Crippen molar-refractivity contribution in [3.63, 3.8) is 0 Å². The van der Waals surface area contributed by atoms with E-state index >= 15 is 0 Å². The number of alkyl halides is 1. The Kier molecular flexibility index (Phi) is 4.38. The summed E-state index contributed by atoms with van der Waals surface area (Å²) in [7, 11) is 0. The molecule has 1 aliphatic heterocycles. The number of hydrogen-bond donors (Lipinski definition) is 0. The lowest BCUT2D eigenvalue weighted by Gasteiger charge is -2.45. The van der Waals surface area contributed by atoms with Crippen LogP contribution in [0.4, 0.5) is 5.69 Å². The second-order valence-electron chi connectivity index (χ2n) is 5.86. The zero-order chi connectivity index (χ0) is 13.2. The van der Waals surface area contributed by atoms with Crippen molar-refractivity contribution in [2.75, 3.05) is 11.4 Å². The van der Waals surface area contributed by atoms with E-state index in [1.54, 1.807) is 0 Å². The summed E-state index contributed by atoms with van der Waals surface area (Å²) >= 11 is 9.85. The summed E-state index contributed by atoms with van der Waals surface area (Å²) in [5, 5.41) is 1.73. The van der Waals surface area contributed by atoms with E-state index in [0.717, 1.165) is 22.3 Å². The molecular formula is C16H21BrClN. The number of nitrogens with zero attached hydrogens (tertiary/aromatic N) is 1. The Bertz CT molecular complexity index is 446. The fraction of sp³-hybridized carbons (Fsp3) is 0.625. The molecule has 19 heavy (non-hydrogen) atoms. The average Bonchev–Trinajstić information content (AvgIpc) is 2.46. The third-order valence-electron chi connectivity index (χ3n) is 4.76. The molecule has 1 nitrogen and oxygen atoms in total. The van der Waals surface area contributed by atoms with Gasteiger partial charge in [0.05, 0.1) is 0 Å². The Hall–Kier alpha value is -0.210. The van der Waals surface area contributed by atoms with Gasteiger partial charge in [-0.3, -0.25) is 0 Å². The molecule has 104 valence electrons. The minimum atomic E-state index is 0.758.